The van der Waals surface area contributed by atoms with Crippen LogP contribution in [0.3, 0.4) is 0 Å². The Morgan fingerprint density at radius 3 is 3.07 bits per heavy atom. The molecule has 5 nitrogen and oxygen atoms in total. The fourth-order valence-corrected chi connectivity index (χ4v) is 1.36. The van der Waals surface area contributed by atoms with E-state index in [4.69, 9.17) is 5.11 Å². The lowest BCUT2D eigenvalue weighted by Crippen LogP contribution is -2.26. The number of imidazole rings is 1. The van der Waals surface area contributed by atoms with Crippen LogP contribution in [0.15, 0.2) is 18.7 Å². The Kier molecular flexibility index (Phi) is 4.83. The summed E-state index contributed by atoms with van der Waals surface area (Å²) in [6.45, 7) is 4.38. The molecule has 1 heterocycles. The van der Waals surface area contributed by atoms with Crippen LogP contribution in [-0.4, -0.2) is 33.7 Å². The van der Waals surface area contributed by atoms with Gasteiger partial charge in [-0.05, 0) is 12.5 Å². The van der Waals surface area contributed by atoms with Gasteiger partial charge in [-0.15, -0.1) is 0 Å². The standard InChI is InChI=1S/C10H17N3O2/c1-9(6-11-3-2-10(14)15)7-13-5-4-12-8-13/h4-5,8-9,11H,2-3,6-7H2,1H3,(H,14,15). The molecule has 0 aliphatic carbocycles. The highest BCUT2D eigenvalue weighted by Gasteiger charge is 2.03. The summed E-state index contributed by atoms with van der Waals surface area (Å²) in [5.41, 5.74) is 0. The first kappa shape index (κ1) is 11.7. The maximum absolute atomic E-state index is 10.2. The second-order valence-corrected chi connectivity index (χ2v) is 3.71. The van der Waals surface area contributed by atoms with Crippen LogP contribution in [0.25, 0.3) is 0 Å². The third-order valence-corrected chi connectivity index (χ3v) is 2.09. The summed E-state index contributed by atoms with van der Waals surface area (Å²) in [4.78, 5) is 14.2. The number of carbonyl (C=O) groups is 1. The highest BCUT2D eigenvalue weighted by Crippen LogP contribution is 1.98. The van der Waals surface area contributed by atoms with Crippen molar-refractivity contribution in [3.63, 3.8) is 0 Å². The van der Waals surface area contributed by atoms with Crippen LogP contribution in [0.5, 0.6) is 0 Å². The van der Waals surface area contributed by atoms with E-state index in [1.807, 2.05) is 10.8 Å². The van der Waals surface area contributed by atoms with E-state index in [-0.39, 0.29) is 6.42 Å². The number of rotatable bonds is 7. The summed E-state index contributed by atoms with van der Waals surface area (Å²) < 4.78 is 2.02. The molecule has 1 unspecified atom stereocenters. The molecule has 0 saturated heterocycles. The number of hydrogen-bond acceptors (Lipinski definition) is 3. The van der Waals surface area contributed by atoms with Gasteiger partial charge in [-0.25, -0.2) is 4.98 Å². The second kappa shape index (κ2) is 6.19. The summed E-state index contributed by atoms with van der Waals surface area (Å²) >= 11 is 0. The topological polar surface area (TPSA) is 67.2 Å². The van der Waals surface area contributed by atoms with Crippen LogP contribution in [0.1, 0.15) is 13.3 Å². The molecule has 0 bridgehead atoms. The molecule has 0 aromatic carbocycles. The zero-order chi connectivity index (χ0) is 11.1. The molecule has 0 radical (unpaired) electrons. The third-order valence-electron chi connectivity index (χ3n) is 2.09. The lowest BCUT2D eigenvalue weighted by Gasteiger charge is -2.12. The SMILES string of the molecule is CC(CNCCC(=O)O)Cn1ccnc1. The van der Waals surface area contributed by atoms with E-state index >= 15 is 0 Å². The predicted octanol–water partition coefficient (Wildman–Crippen LogP) is 0.583. The number of nitrogens with zero attached hydrogens (tertiary/aromatic N) is 2. The fraction of sp³-hybridized carbons (Fsp3) is 0.600. The van der Waals surface area contributed by atoms with Crippen molar-refractivity contribution in [3.8, 4) is 0 Å². The van der Waals surface area contributed by atoms with Crippen molar-refractivity contribution in [2.75, 3.05) is 13.1 Å². The van der Waals surface area contributed by atoms with Crippen LogP contribution >= 0.6 is 0 Å². The Bertz CT molecular complexity index is 285. The largest absolute Gasteiger partial charge is 0.481 e. The Morgan fingerprint density at radius 2 is 2.47 bits per heavy atom. The van der Waals surface area contributed by atoms with Gasteiger partial charge in [0.15, 0.2) is 0 Å². The highest BCUT2D eigenvalue weighted by atomic mass is 16.4. The zero-order valence-electron chi connectivity index (χ0n) is 8.89. The van der Waals surface area contributed by atoms with E-state index in [2.05, 4.69) is 17.2 Å². The van der Waals surface area contributed by atoms with Gasteiger partial charge in [0.2, 0.25) is 0 Å². The summed E-state index contributed by atoms with van der Waals surface area (Å²) in [6, 6.07) is 0. The first-order valence-corrected chi connectivity index (χ1v) is 5.06. The molecule has 0 spiro atoms. The van der Waals surface area contributed by atoms with Gasteiger partial charge in [-0.1, -0.05) is 6.92 Å². The summed E-state index contributed by atoms with van der Waals surface area (Å²) in [5, 5.41) is 11.5. The highest BCUT2D eigenvalue weighted by molar-refractivity contribution is 5.66. The summed E-state index contributed by atoms with van der Waals surface area (Å²) in [5.74, 6) is -0.294. The van der Waals surface area contributed by atoms with E-state index in [0.29, 0.717) is 12.5 Å². The first-order chi connectivity index (χ1) is 7.18. The minimum Gasteiger partial charge on any atom is -0.481 e. The average molecular weight is 211 g/mol. The number of aliphatic carboxylic acids is 1. The Balaban J connectivity index is 2.08. The fourth-order valence-electron chi connectivity index (χ4n) is 1.36. The Labute approximate surface area is 89.1 Å². The van der Waals surface area contributed by atoms with Crippen molar-refractivity contribution < 1.29 is 9.90 Å². The van der Waals surface area contributed by atoms with Gasteiger partial charge in [0, 0.05) is 25.5 Å². The van der Waals surface area contributed by atoms with Crippen molar-refractivity contribution >= 4 is 5.97 Å². The maximum Gasteiger partial charge on any atom is 0.304 e. The van der Waals surface area contributed by atoms with Crippen molar-refractivity contribution in [1.29, 1.82) is 0 Å². The van der Waals surface area contributed by atoms with E-state index in [1.165, 1.54) is 0 Å². The van der Waals surface area contributed by atoms with Crippen LogP contribution in [0.2, 0.25) is 0 Å². The van der Waals surface area contributed by atoms with E-state index in [9.17, 15) is 4.79 Å². The summed E-state index contributed by atoms with van der Waals surface area (Å²) in [6.07, 6.45) is 5.64. The van der Waals surface area contributed by atoms with Gasteiger partial charge in [0.1, 0.15) is 0 Å². The molecule has 1 atom stereocenters. The molecule has 0 saturated carbocycles. The first-order valence-electron chi connectivity index (χ1n) is 5.06. The zero-order valence-corrected chi connectivity index (χ0v) is 8.89. The van der Waals surface area contributed by atoms with E-state index < -0.39 is 5.97 Å². The molecule has 0 aliphatic heterocycles. The molecule has 1 aromatic heterocycles. The monoisotopic (exact) mass is 211 g/mol. The molecule has 0 aliphatic rings. The third kappa shape index (κ3) is 5.17. The molecule has 5 heteroatoms. The number of nitrogens with one attached hydrogen (secondary N) is 1. The molecule has 84 valence electrons. The van der Waals surface area contributed by atoms with Crippen LogP contribution < -0.4 is 5.32 Å². The number of carboxylic acid groups (broad SMARTS) is 1. The van der Waals surface area contributed by atoms with Gasteiger partial charge in [0.05, 0.1) is 12.7 Å². The van der Waals surface area contributed by atoms with Crippen molar-refractivity contribution in [2.24, 2.45) is 5.92 Å². The van der Waals surface area contributed by atoms with Crippen molar-refractivity contribution in [3.05, 3.63) is 18.7 Å². The maximum atomic E-state index is 10.2. The summed E-state index contributed by atoms with van der Waals surface area (Å²) in [7, 11) is 0. The molecular formula is C10H17N3O2. The Hall–Kier alpha value is -1.36. The average Bonchev–Trinajstić information content (AvgIpc) is 2.64. The van der Waals surface area contributed by atoms with Gasteiger partial charge in [0.25, 0.3) is 0 Å². The normalized spacial score (nSPS) is 12.6. The van der Waals surface area contributed by atoms with Crippen LogP contribution in [0, 0.1) is 5.92 Å². The molecule has 1 rings (SSSR count). The van der Waals surface area contributed by atoms with Crippen molar-refractivity contribution in [1.82, 2.24) is 14.9 Å². The smallest absolute Gasteiger partial charge is 0.304 e. The van der Waals surface area contributed by atoms with Gasteiger partial charge in [-0.2, -0.15) is 0 Å². The molecule has 0 amide bonds. The minimum atomic E-state index is -0.759. The van der Waals surface area contributed by atoms with Crippen LogP contribution in [-0.2, 0) is 11.3 Å². The van der Waals surface area contributed by atoms with Crippen molar-refractivity contribution in [2.45, 2.75) is 19.9 Å². The number of carboxylic acids is 1. The van der Waals surface area contributed by atoms with Gasteiger partial charge < -0.3 is 15.0 Å². The Morgan fingerprint density at radius 1 is 1.67 bits per heavy atom. The number of hydrogen-bond donors (Lipinski definition) is 2. The molecule has 2 N–H and O–H groups in total. The number of aromatic nitrogens is 2. The van der Waals surface area contributed by atoms with E-state index in [1.54, 1.807) is 12.5 Å². The molecule has 15 heavy (non-hydrogen) atoms. The van der Waals surface area contributed by atoms with Gasteiger partial charge in [-0.3, -0.25) is 4.79 Å². The lowest BCUT2D eigenvalue weighted by atomic mass is 10.2. The van der Waals surface area contributed by atoms with Gasteiger partial charge >= 0.3 is 5.97 Å². The minimum absolute atomic E-state index is 0.178. The second-order valence-electron chi connectivity index (χ2n) is 3.71. The lowest BCUT2D eigenvalue weighted by molar-refractivity contribution is -0.136. The quantitative estimate of drug-likeness (QED) is 0.647. The molecular weight excluding hydrogens is 194 g/mol. The molecule has 0 fully saturated rings. The molecule has 1 aromatic rings. The van der Waals surface area contributed by atoms with Crippen LogP contribution in [0.4, 0.5) is 0 Å². The predicted molar refractivity (Wildman–Crippen MR) is 56.5 cm³/mol. The van der Waals surface area contributed by atoms with E-state index in [0.717, 1.165) is 13.1 Å².